The maximum atomic E-state index is 15.0. The van der Waals surface area contributed by atoms with Crippen LogP contribution in [-0.4, -0.2) is 155 Å². The molecule has 3 aliphatic heterocycles. The first-order valence-corrected chi connectivity index (χ1v) is 27.4. The number of amides is 4. The number of carbonyl (C=O) groups is 3. The number of aromatic hydroxyl groups is 2. The van der Waals surface area contributed by atoms with E-state index in [1.54, 1.807) is 46.2 Å². The van der Waals surface area contributed by atoms with Gasteiger partial charge < -0.3 is 40.7 Å². The number of halogens is 2. The molecular weight excluding hydrogens is 1030 g/mol. The van der Waals surface area contributed by atoms with Crippen LogP contribution < -0.4 is 16.0 Å². The summed E-state index contributed by atoms with van der Waals surface area (Å²) >= 11 is 6.05. The number of fused-ring (bicyclic) bond motifs is 1. The smallest absolute Gasteiger partial charge is 0.321 e. The van der Waals surface area contributed by atoms with Gasteiger partial charge in [0.2, 0.25) is 11.7 Å². The number of nitrogens with one attached hydrogen (secondary N) is 4. The number of allylic oxidation sites excluding steroid dienone is 1. The number of amidine groups is 1. The van der Waals surface area contributed by atoms with E-state index in [4.69, 9.17) is 31.8 Å². The highest BCUT2D eigenvalue weighted by molar-refractivity contribution is 6.30. The number of rotatable bonds is 16. The Labute approximate surface area is 464 Å². The number of urea groups is 1. The Bertz CT molecular complexity index is 3250. The zero-order valence-electron chi connectivity index (χ0n) is 45.7. The number of phenolic OH excluding ortho intramolecular Hbond substituents is 2. The summed E-state index contributed by atoms with van der Waals surface area (Å²) < 4.78 is 23.9. The number of nitrogens with zero attached hydrogens (tertiary/aromatic N) is 10. The van der Waals surface area contributed by atoms with E-state index in [1.807, 2.05) is 62.9 Å². The van der Waals surface area contributed by atoms with Crippen molar-refractivity contribution in [1.29, 1.82) is 5.41 Å². The molecule has 20 nitrogen and oxygen atoms in total. The molecule has 3 fully saturated rings. The zero-order valence-corrected chi connectivity index (χ0v) is 46.4. The van der Waals surface area contributed by atoms with Crippen LogP contribution in [0.5, 0.6) is 11.5 Å². The van der Waals surface area contributed by atoms with E-state index in [-0.39, 0.29) is 65.2 Å². The van der Waals surface area contributed by atoms with Crippen molar-refractivity contribution < 1.29 is 33.7 Å². The van der Waals surface area contributed by atoms with Gasteiger partial charge in [-0.25, -0.2) is 18.7 Å². The molecule has 22 heteroatoms. The average Bonchev–Trinajstić information content (AvgIpc) is 4.18. The molecule has 4 amide bonds. The molecule has 0 spiro atoms. The summed E-state index contributed by atoms with van der Waals surface area (Å²) in [5, 5.41) is 52.8. The number of imidazole rings is 1. The van der Waals surface area contributed by atoms with Crippen LogP contribution in [0.4, 0.5) is 15.0 Å². The van der Waals surface area contributed by atoms with Crippen LogP contribution in [0, 0.1) is 24.1 Å². The highest BCUT2D eigenvalue weighted by Gasteiger charge is 2.33. The Morgan fingerprint density at radius 1 is 0.911 bits per heavy atom. The molecule has 0 atom stereocenters. The van der Waals surface area contributed by atoms with Crippen molar-refractivity contribution in [2.75, 3.05) is 71.4 Å². The van der Waals surface area contributed by atoms with Crippen molar-refractivity contribution >= 4 is 46.7 Å². The monoisotopic (exact) mass is 1100 g/mol. The van der Waals surface area contributed by atoms with Gasteiger partial charge in [-0.1, -0.05) is 43.6 Å². The lowest BCUT2D eigenvalue weighted by Gasteiger charge is -2.39. The van der Waals surface area contributed by atoms with Crippen LogP contribution in [0.15, 0.2) is 72.4 Å². The molecule has 0 radical (unpaired) electrons. The van der Waals surface area contributed by atoms with Crippen LogP contribution in [0.25, 0.3) is 22.7 Å². The lowest BCUT2D eigenvalue weighted by molar-refractivity contribution is -0.138. The summed E-state index contributed by atoms with van der Waals surface area (Å²) in [6.45, 7) is 16.3. The second-order valence-corrected chi connectivity index (χ2v) is 21.5. The van der Waals surface area contributed by atoms with Gasteiger partial charge in [0, 0.05) is 99.3 Å². The Hall–Kier alpha value is -7.46. The van der Waals surface area contributed by atoms with E-state index in [0.29, 0.717) is 115 Å². The average molecular weight is 1100 g/mol. The molecule has 6 heterocycles. The summed E-state index contributed by atoms with van der Waals surface area (Å²) in [7, 11) is 1.76. The van der Waals surface area contributed by atoms with E-state index in [2.05, 4.69) is 35.9 Å². The van der Waals surface area contributed by atoms with E-state index in [1.165, 1.54) is 18.2 Å². The van der Waals surface area contributed by atoms with Gasteiger partial charge in [-0.15, -0.1) is 15.3 Å². The maximum Gasteiger partial charge on any atom is 0.321 e. The van der Waals surface area contributed by atoms with E-state index >= 15 is 4.39 Å². The first-order chi connectivity index (χ1) is 37.9. The fraction of sp³-hybridized carbons (Fsp3) is 0.439. The number of likely N-dealkylation sites (tertiary alicyclic amines) is 2. The Balaban J connectivity index is 0.763. The highest BCUT2D eigenvalue weighted by atomic mass is 35.5. The number of piperidine rings is 2. The number of morpholine rings is 1. The third kappa shape index (κ3) is 13.0. The fourth-order valence-corrected chi connectivity index (χ4v) is 10.9. The van der Waals surface area contributed by atoms with Gasteiger partial charge >= 0.3 is 6.03 Å². The Kier molecular flexibility index (Phi) is 17.6. The van der Waals surface area contributed by atoms with E-state index < -0.39 is 11.7 Å². The van der Waals surface area contributed by atoms with Crippen LogP contribution >= 0.6 is 11.6 Å². The van der Waals surface area contributed by atoms with Crippen molar-refractivity contribution in [2.24, 2.45) is 5.92 Å². The zero-order chi connectivity index (χ0) is 56.1. The second kappa shape index (κ2) is 24.7. The number of carbonyl (C=O) groups excluding carboxylic acids is 3. The third-order valence-corrected chi connectivity index (χ3v) is 15.4. The van der Waals surface area contributed by atoms with Crippen molar-refractivity contribution in [3.63, 3.8) is 0 Å². The largest absolute Gasteiger partial charge is 0.508 e. The number of aromatic nitrogens is 6. The molecule has 6 N–H and O–H groups in total. The first-order valence-electron chi connectivity index (χ1n) is 27.0. The number of phenols is 2. The minimum absolute atomic E-state index is 0.00162. The maximum absolute atomic E-state index is 15.0. The van der Waals surface area contributed by atoms with Gasteiger partial charge in [-0.2, -0.15) is 0 Å². The molecule has 0 aliphatic carbocycles. The first kappa shape index (κ1) is 56.3. The van der Waals surface area contributed by atoms with Gasteiger partial charge in [0.1, 0.15) is 23.2 Å². The molecule has 3 saturated heterocycles. The van der Waals surface area contributed by atoms with E-state index in [9.17, 15) is 24.6 Å². The molecular formula is C57H70ClFN14O6. The van der Waals surface area contributed by atoms with Crippen LogP contribution in [0.2, 0.25) is 5.02 Å². The number of ether oxygens (including phenoxy) is 1. The summed E-state index contributed by atoms with van der Waals surface area (Å²) in [5.74, 6) is -0.281. The van der Waals surface area contributed by atoms with Crippen LogP contribution in [-0.2, 0) is 29.0 Å². The molecule has 0 saturated carbocycles. The van der Waals surface area contributed by atoms with Gasteiger partial charge in [0.15, 0.2) is 17.3 Å². The number of hydrogen-bond donors (Lipinski definition) is 6. The highest BCUT2D eigenvalue weighted by Crippen LogP contribution is 2.38. The van der Waals surface area contributed by atoms with Crippen molar-refractivity contribution in [2.45, 2.75) is 91.8 Å². The van der Waals surface area contributed by atoms with Crippen molar-refractivity contribution in [3.05, 3.63) is 123 Å². The van der Waals surface area contributed by atoms with Gasteiger partial charge in [0.05, 0.1) is 30.2 Å². The number of anilines is 1. The molecule has 3 aromatic carbocycles. The van der Waals surface area contributed by atoms with Gasteiger partial charge in [-0.3, -0.25) is 29.4 Å². The molecule has 418 valence electrons. The number of hydrogen-bond acceptors (Lipinski definition) is 13. The second-order valence-electron chi connectivity index (χ2n) is 21.0. The lowest BCUT2D eigenvalue weighted by Crippen LogP contribution is -2.51. The molecule has 3 aromatic heterocycles. The Morgan fingerprint density at radius 2 is 1.62 bits per heavy atom. The molecule has 9 rings (SSSR count). The third-order valence-electron chi connectivity index (χ3n) is 15.1. The van der Waals surface area contributed by atoms with Crippen LogP contribution in [0.1, 0.15) is 104 Å². The quantitative estimate of drug-likeness (QED) is 0.0405. The minimum atomic E-state index is -0.418. The number of aryl methyl sites for hydroxylation is 1. The van der Waals surface area contributed by atoms with Crippen molar-refractivity contribution in [1.82, 2.24) is 59.6 Å². The molecule has 79 heavy (non-hydrogen) atoms. The standard InChI is InChI=1S/C57H70ClFN14O6/c1-7-61-55(76)54-66-65-53(45-30-44(34(2)3)48(74)31-49(45)75)72(54)43-12-8-37(9-13-43)32-69-18-14-38(15-19-69)56(77)71-20-16-42(17-21-71)68(6)57(78)62-35(4)26-50(60)64-51-28-40(33-70-22-24-79-25-23-70)52-63-36(5)47(73(52)67-51)27-39-10-11-41(58)29-46(39)59/h8-13,26,28-31,34,38,42,74-75H,7,14-25,27,32-33H2,1-6H3,(H,61,76)(H,62,78)(H2,60,64,67)/b35-26-. The predicted octanol–water partition coefficient (Wildman–Crippen LogP) is 7.62. The summed E-state index contributed by atoms with van der Waals surface area (Å²) in [5.41, 5.74) is 6.51. The molecule has 0 bridgehead atoms. The van der Waals surface area contributed by atoms with E-state index in [0.717, 1.165) is 50.1 Å². The fourth-order valence-electron chi connectivity index (χ4n) is 10.7. The summed E-state index contributed by atoms with van der Waals surface area (Å²) in [4.78, 5) is 53.7. The van der Waals surface area contributed by atoms with Crippen molar-refractivity contribution in [3.8, 4) is 28.6 Å². The number of benzene rings is 3. The van der Waals surface area contributed by atoms with Gasteiger partial charge in [-0.05, 0) is 125 Å². The van der Waals surface area contributed by atoms with Crippen LogP contribution in [0.3, 0.4) is 0 Å². The summed E-state index contributed by atoms with van der Waals surface area (Å²) in [6.07, 6.45) is 4.51. The topological polar surface area (TPSA) is 235 Å². The normalized spacial score (nSPS) is 16.2. The van der Waals surface area contributed by atoms with Gasteiger partial charge in [0.25, 0.3) is 5.91 Å². The predicted molar refractivity (Wildman–Crippen MR) is 299 cm³/mol. The molecule has 0 unspecified atom stereocenters. The molecule has 6 aromatic rings. The lowest BCUT2D eigenvalue weighted by atomic mass is 9.93. The summed E-state index contributed by atoms with van der Waals surface area (Å²) in [6, 6.07) is 16.8. The molecule has 3 aliphatic rings. The minimum Gasteiger partial charge on any atom is -0.508 e. The Morgan fingerprint density at radius 3 is 2.30 bits per heavy atom. The SMILES string of the molecule is CCNC(=O)c1nnc(-c2cc(C(C)C)c(O)cc2O)n1-c1ccc(CN2CCC(C(=O)N3CCC(N(C)C(=O)N/C(C)=C\C(=N)Nc4cc(CN5CCOCC5)c5nc(C)c(Cc6ccc(Cl)cc6F)n5n4)CC3)CC2)cc1.